The van der Waals surface area contributed by atoms with Gasteiger partial charge in [0.15, 0.2) is 11.6 Å². The third-order valence-corrected chi connectivity index (χ3v) is 7.67. The Morgan fingerprint density at radius 2 is 1.74 bits per heavy atom. The molecule has 5 rings (SSSR count). The van der Waals surface area contributed by atoms with Crippen LogP contribution in [0.3, 0.4) is 0 Å². The third kappa shape index (κ3) is 4.39. The van der Waals surface area contributed by atoms with Crippen LogP contribution in [0.25, 0.3) is 0 Å². The number of amides is 1. The molecule has 34 heavy (non-hydrogen) atoms. The molecule has 0 aromatic heterocycles. The minimum absolute atomic E-state index is 0.174. The van der Waals surface area contributed by atoms with Crippen molar-refractivity contribution in [3.63, 3.8) is 0 Å². The van der Waals surface area contributed by atoms with E-state index in [1.54, 1.807) is 25.3 Å². The molecule has 0 N–H and O–H groups in total. The summed E-state index contributed by atoms with van der Waals surface area (Å²) in [5, 5.41) is 0. The van der Waals surface area contributed by atoms with Crippen LogP contribution in [0.2, 0.25) is 0 Å². The van der Waals surface area contributed by atoms with Crippen molar-refractivity contribution < 1.29 is 28.1 Å². The van der Waals surface area contributed by atoms with E-state index in [-0.39, 0.29) is 29.2 Å². The summed E-state index contributed by atoms with van der Waals surface area (Å²) in [6, 6.07) is 14.3. The lowest BCUT2D eigenvalue weighted by Crippen LogP contribution is -2.54. The topological polar surface area (TPSA) is 57.2 Å². The maximum atomic E-state index is 14.0. The van der Waals surface area contributed by atoms with E-state index < -0.39 is 5.41 Å². The summed E-state index contributed by atoms with van der Waals surface area (Å²) in [5.74, 6) is 0.864. The number of benzene rings is 2. The van der Waals surface area contributed by atoms with E-state index in [9.17, 15) is 9.18 Å². The number of hydrogen-bond acceptors (Lipinski definition) is 5. The van der Waals surface area contributed by atoms with Gasteiger partial charge in [0, 0.05) is 32.7 Å². The Hall–Kier alpha value is -2.64. The van der Waals surface area contributed by atoms with Gasteiger partial charge in [-0.05, 0) is 55.5 Å². The minimum atomic E-state index is -0.567. The average molecular weight is 470 g/mol. The fourth-order valence-corrected chi connectivity index (χ4v) is 5.62. The molecule has 1 unspecified atom stereocenters. The van der Waals surface area contributed by atoms with Crippen LogP contribution in [0.1, 0.15) is 37.7 Å². The number of carbonyl (C=O) groups excluding carboxylic acids is 1. The highest BCUT2D eigenvalue weighted by atomic mass is 19.1. The number of hydrogen-bond donors (Lipinski definition) is 0. The molecule has 3 aliphatic rings. The molecular weight excluding hydrogens is 437 g/mol. The first-order chi connectivity index (χ1) is 16.5. The molecule has 1 atom stereocenters. The van der Waals surface area contributed by atoms with E-state index in [1.807, 2.05) is 29.2 Å². The van der Waals surface area contributed by atoms with Crippen LogP contribution in [0, 0.1) is 5.82 Å². The number of rotatable bonds is 5. The van der Waals surface area contributed by atoms with Crippen molar-refractivity contribution in [3.8, 4) is 11.5 Å². The minimum Gasteiger partial charge on any atom is -0.497 e. The van der Waals surface area contributed by atoms with Gasteiger partial charge >= 0.3 is 0 Å². The lowest BCUT2D eigenvalue weighted by molar-refractivity contribution is -0.146. The SMILES string of the molecule is COc1ccc(C2(C(=O)N3CCC4(CC3)CC(Oc3ccccc3F)CO4)CCOCC2)cc1. The molecule has 3 heterocycles. The zero-order valence-corrected chi connectivity index (χ0v) is 19.6. The number of carbonyl (C=O) groups is 1. The molecule has 1 spiro atoms. The summed E-state index contributed by atoms with van der Waals surface area (Å²) in [5.41, 5.74) is 0.148. The van der Waals surface area contributed by atoms with Crippen LogP contribution in [0.4, 0.5) is 4.39 Å². The molecule has 3 aliphatic heterocycles. The van der Waals surface area contributed by atoms with Crippen LogP contribution < -0.4 is 9.47 Å². The maximum Gasteiger partial charge on any atom is 0.233 e. The van der Waals surface area contributed by atoms with Gasteiger partial charge < -0.3 is 23.8 Å². The van der Waals surface area contributed by atoms with Gasteiger partial charge in [-0.2, -0.15) is 0 Å². The highest BCUT2D eigenvalue weighted by Crippen LogP contribution is 2.41. The second kappa shape index (κ2) is 9.55. The van der Waals surface area contributed by atoms with Gasteiger partial charge in [-0.3, -0.25) is 4.79 Å². The molecule has 6 nitrogen and oxygen atoms in total. The number of halogens is 1. The summed E-state index contributed by atoms with van der Waals surface area (Å²) in [6.45, 7) is 2.88. The molecule has 2 aromatic carbocycles. The Bertz CT molecular complexity index is 996. The number of likely N-dealkylation sites (tertiary alicyclic amines) is 1. The number of methoxy groups -OCH3 is 1. The van der Waals surface area contributed by atoms with Gasteiger partial charge in [0.2, 0.25) is 5.91 Å². The second-order valence-corrected chi connectivity index (χ2v) is 9.58. The van der Waals surface area contributed by atoms with Crippen LogP contribution in [0.15, 0.2) is 48.5 Å². The van der Waals surface area contributed by atoms with Gasteiger partial charge in [-0.25, -0.2) is 4.39 Å². The van der Waals surface area contributed by atoms with Crippen LogP contribution in [0.5, 0.6) is 11.5 Å². The molecule has 1 amide bonds. The highest BCUT2D eigenvalue weighted by Gasteiger charge is 2.48. The van der Waals surface area contributed by atoms with E-state index in [1.165, 1.54) is 6.07 Å². The van der Waals surface area contributed by atoms with Crippen molar-refractivity contribution in [1.29, 1.82) is 0 Å². The Morgan fingerprint density at radius 3 is 2.41 bits per heavy atom. The molecule has 2 aromatic rings. The lowest BCUT2D eigenvalue weighted by atomic mass is 9.72. The first-order valence-corrected chi connectivity index (χ1v) is 12.1. The van der Waals surface area contributed by atoms with Crippen LogP contribution >= 0.6 is 0 Å². The Labute approximate surface area is 199 Å². The summed E-state index contributed by atoms with van der Waals surface area (Å²) >= 11 is 0. The smallest absolute Gasteiger partial charge is 0.233 e. The van der Waals surface area contributed by atoms with Crippen molar-refractivity contribution in [1.82, 2.24) is 4.90 Å². The van der Waals surface area contributed by atoms with Gasteiger partial charge in [0.1, 0.15) is 11.9 Å². The fourth-order valence-electron chi connectivity index (χ4n) is 5.62. The van der Waals surface area contributed by atoms with E-state index in [4.69, 9.17) is 18.9 Å². The Kier molecular flexibility index (Phi) is 6.49. The standard InChI is InChI=1S/C27H32FNO5/c1-31-21-8-6-20(7-9-21)27(12-16-32-17-13-27)25(30)29-14-10-26(11-15-29)18-22(19-33-26)34-24-5-3-2-4-23(24)28/h2-9,22H,10-19H2,1H3. The highest BCUT2D eigenvalue weighted by molar-refractivity contribution is 5.88. The first-order valence-electron chi connectivity index (χ1n) is 12.1. The monoisotopic (exact) mass is 469 g/mol. The molecule has 0 saturated carbocycles. The molecule has 3 saturated heterocycles. The first kappa shape index (κ1) is 23.1. The molecule has 0 radical (unpaired) electrons. The Balaban J connectivity index is 1.25. The zero-order valence-electron chi connectivity index (χ0n) is 19.6. The van der Waals surface area contributed by atoms with Crippen LogP contribution in [-0.4, -0.2) is 62.5 Å². The molecule has 3 fully saturated rings. The van der Waals surface area contributed by atoms with E-state index in [0.717, 1.165) is 24.2 Å². The second-order valence-electron chi connectivity index (χ2n) is 9.58. The predicted molar refractivity (Wildman–Crippen MR) is 125 cm³/mol. The molecular formula is C27H32FNO5. The van der Waals surface area contributed by atoms with E-state index in [2.05, 4.69) is 0 Å². The molecule has 182 valence electrons. The number of piperidine rings is 1. The van der Waals surface area contributed by atoms with Crippen molar-refractivity contribution in [2.75, 3.05) is 40.0 Å². The number of para-hydroxylation sites is 1. The van der Waals surface area contributed by atoms with Crippen molar-refractivity contribution >= 4 is 5.91 Å². The Morgan fingerprint density at radius 1 is 1.03 bits per heavy atom. The average Bonchev–Trinajstić information content (AvgIpc) is 3.27. The van der Waals surface area contributed by atoms with Gasteiger partial charge in [0.25, 0.3) is 0 Å². The summed E-state index contributed by atoms with van der Waals surface area (Å²) < 4.78 is 37.0. The lowest BCUT2D eigenvalue weighted by Gasteiger charge is -2.44. The van der Waals surface area contributed by atoms with Gasteiger partial charge in [-0.1, -0.05) is 24.3 Å². The van der Waals surface area contributed by atoms with Gasteiger partial charge in [-0.15, -0.1) is 0 Å². The molecule has 7 heteroatoms. The molecule has 0 aliphatic carbocycles. The summed E-state index contributed by atoms with van der Waals surface area (Å²) in [7, 11) is 1.64. The maximum absolute atomic E-state index is 14.0. The largest absolute Gasteiger partial charge is 0.497 e. The number of nitrogens with zero attached hydrogens (tertiary/aromatic N) is 1. The van der Waals surface area contributed by atoms with Crippen molar-refractivity contribution in [2.45, 2.75) is 49.2 Å². The summed E-state index contributed by atoms with van der Waals surface area (Å²) in [6.07, 6.45) is 3.39. The third-order valence-electron chi connectivity index (χ3n) is 7.67. The normalized spacial score (nSPS) is 23.6. The quantitative estimate of drug-likeness (QED) is 0.660. The van der Waals surface area contributed by atoms with E-state index >= 15 is 0 Å². The zero-order chi connectivity index (χ0) is 23.6. The van der Waals surface area contributed by atoms with Crippen molar-refractivity contribution in [2.24, 2.45) is 0 Å². The van der Waals surface area contributed by atoms with E-state index in [0.29, 0.717) is 52.2 Å². The fraction of sp³-hybridized carbons (Fsp3) is 0.519. The van der Waals surface area contributed by atoms with Crippen molar-refractivity contribution in [3.05, 3.63) is 59.9 Å². The summed E-state index contributed by atoms with van der Waals surface area (Å²) in [4.78, 5) is 15.9. The van der Waals surface area contributed by atoms with Crippen LogP contribution in [-0.2, 0) is 19.7 Å². The number of ether oxygens (including phenoxy) is 4. The molecule has 0 bridgehead atoms. The predicted octanol–water partition coefficient (Wildman–Crippen LogP) is 4.11. The van der Waals surface area contributed by atoms with Gasteiger partial charge in [0.05, 0.1) is 24.7 Å².